The molecule has 0 bridgehead atoms. The standard InChI is InChI=1S/C34H41N5/c1-4-11-28(12-5-1)29-13-10-14-30(25-29)33-27-39(32-17-8-3-9-18-32)36-34(33)26-35-19-20-37-21-23-38(24-22-37)31-15-6-2-7-16-31/h2-3,6-10,13-18,25,27-28,35H,1,4-5,11-12,19-24,26H2. The number of para-hydroxylation sites is 2. The predicted octanol–water partition coefficient (Wildman–Crippen LogP) is 6.50. The highest BCUT2D eigenvalue weighted by molar-refractivity contribution is 5.67. The van der Waals surface area contributed by atoms with E-state index in [-0.39, 0.29) is 0 Å². The average Bonchev–Trinajstić information content (AvgIpc) is 3.45. The second-order valence-electron chi connectivity index (χ2n) is 11.1. The third-order valence-electron chi connectivity index (χ3n) is 8.48. The van der Waals surface area contributed by atoms with E-state index in [9.17, 15) is 0 Å². The van der Waals surface area contributed by atoms with E-state index in [1.807, 2.05) is 4.68 Å². The molecule has 6 rings (SSSR count). The van der Waals surface area contributed by atoms with E-state index in [1.54, 1.807) is 0 Å². The Labute approximate surface area is 233 Å². The molecule has 4 aromatic rings. The fourth-order valence-electron chi connectivity index (χ4n) is 6.20. The van der Waals surface area contributed by atoms with Gasteiger partial charge in [-0.25, -0.2) is 4.68 Å². The highest BCUT2D eigenvalue weighted by Crippen LogP contribution is 2.35. The van der Waals surface area contributed by atoms with Crippen LogP contribution in [-0.4, -0.2) is 53.9 Å². The van der Waals surface area contributed by atoms with E-state index in [0.717, 1.165) is 57.2 Å². The SMILES string of the molecule is c1ccc(N2CCN(CCNCc3nn(-c4ccccc4)cc3-c3cccc(C4CCCCC4)c3)CC2)cc1. The fraction of sp³-hybridized carbons (Fsp3) is 0.382. The number of aromatic nitrogens is 2. The molecule has 0 atom stereocenters. The monoisotopic (exact) mass is 519 g/mol. The molecule has 5 nitrogen and oxygen atoms in total. The molecule has 0 amide bonds. The van der Waals surface area contributed by atoms with Crippen molar-refractivity contribution in [2.24, 2.45) is 0 Å². The van der Waals surface area contributed by atoms with Gasteiger partial charge < -0.3 is 10.2 Å². The van der Waals surface area contributed by atoms with Gasteiger partial charge in [-0.2, -0.15) is 5.10 Å². The molecule has 1 aliphatic carbocycles. The lowest BCUT2D eigenvalue weighted by Gasteiger charge is -2.36. The number of nitrogens with zero attached hydrogens (tertiary/aromatic N) is 4. The van der Waals surface area contributed by atoms with Gasteiger partial charge in [0.2, 0.25) is 0 Å². The normalized spacial score (nSPS) is 17.0. The number of anilines is 1. The first kappa shape index (κ1) is 25.8. The minimum atomic E-state index is 0.701. The molecule has 39 heavy (non-hydrogen) atoms. The highest BCUT2D eigenvalue weighted by atomic mass is 15.3. The molecule has 202 valence electrons. The summed E-state index contributed by atoms with van der Waals surface area (Å²) in [6.45, 7) is 7.20. The van der Waals surface area contributed by atoms with Gasteiger partial charge in [-0.1, -0.05) is 79.9 Å². The van der Waals surface area contributed by atoms with Crippen molar-refractivity contribution in [1.82, 2.24) is 20.0 Å². The molecule has 1 N–H and O–H groups in total. The first-order valence-corrected chi connectivity index (χ1v) is 14.8. The summed E-state index contributed by atoms with van der Waals surface area (Å²) in [5.74, 6) is 0.701. The smallest absolute Gasteiger partial charge is 0.0845 e. The van der Waals surface area contributed by atoms with Crippen molar-refractivity contribution >= 4 is 5.69 Å². The van der Waals surface area contributed by atoms with Gasteiger partial charge in [-0.05, 0) is 54.2 Å². The summed E-state index contributed by atoms with van der Waals surface area (Å²) in [6.07, 6.45) is 8.96. The summed E-state index contributed by atoms with van der Waals surface area (Å²) in [6, 6.07) is 30.5. The Morgan fingerprint density at radius 1 is 0.744 bits per heavy atom. The topological polar surface area (TPSA) is 36.3 Å². The van der Waals surface area contributed by atoms with E-state index in [0.29, 0.717) is 5.92 Å². The van der Waals surface area contributed by atoms with Crippen molar-refractivity contribution in [3.8, 4) is 16.8 Å². The lowest BCUT2D eigenvalue weighted by molar-refractivity contribution is 0.257. The summed E-state index contributed by atoms with van der Waals surface area (Å²) in [7, 11) is 0. The van der Waals surface area contributed by atoms with Crippen molar-refractivity contribution in [1.29, 1.82) is 0 Å². The summed E-state index contributed by atoms with van der Waals surface area (Å²) >= 11 is 0. The molecule has 1 saturated heterocycles. The van der Waals surface area contributed by atoms with Gasteiger partial charge in [0.1, 0.15) is 0 Å². The Balaban J connectivity index is 1.11. The molecule has 0 unspecified atom stereocenters. The molecular weight excluding hydrogens is 478 g/mol. The van der Waals surface area contributed by atoms with E-state index in [2.05, 4.69) is 106 Å². The number of hydrogen-bond donors (Lipinski definition) is 1. The molecule has 5 heteroatoms. The van der Waals surface area contributed by atoms with E-state index in [4.69, 9.17) is 5.10 Å². The van der Waals surface area contributed by atoms with Crippen molar-refractivity contribution < 1.29 is 0 Å². The van der Waals surface area contributed by atoms with Crippen LogP contribution in [0.1, 0.15) is 49.3 Å². The fourth-order valence-corrected chi connectivity index (χ4v) is 6.20. The third kappa shape index (κ3) is 6.43. The van der Waals surface area contributed by atoms with Crippen molar-refractivity contribution in [2.75, 3.05) is 44.2 Å². The van der Waals surface area contributed by atoms with Gasteiger partial charge in [0.05, 0.1) is 11.4 Å². The van der Waals surface area contributed by atoms with Gasteiger partial charge >= 0.3 is 0 Å². The van der Waals surface area contributed by atoms with Crippen LogP contribution in [0.4, 0.5) is 5.69 Å². The van der Waals surface area contributed by atoms with Crippen molar-refractivity contribution in [3.05, 3.63) is 102 Å². The summed E-state index contributed by atoms with van der Waals surface area (Å²) in [4.78, 5) is 5.07. The Morgan fingerprint density at radius 2 is 1.46 bits per heavy atom. The largest absolute Gasteiger partial charge is 0.369 e. The summed E-state index contributed by atoms with van der Waals surface area (Å²) in [5, 5.41) is 8.77. The molecule has 1 saturated carbocycles. The van der Waals surface area contributed by atoms with E-state index >= 15 is 0 Å². The molecule has 1 aromatic heterocycles. The number of rotatable bonds is 9. The zero-order valence-electron chi connectivity index (χ0n) is 23.0. The van der Waals surface area contributed by atoms with Crippen molar-refractivity contribution in [2.45, 2.75) is 44.6 Å². The maximum absolute atomic E-state index is 5.06. The first-order chi connectivity index (χ1) is 19.3. The van der Waals surface area contributed by atoms with E-state index in [1.165, 1.54) is 54.5 Å². The lowest BCUT2D eigenvalue weighted by atomic mass is 9.83. The van der Waals surface area contributed by atoms with Crippen LogP contribution in [0.25, 0.3) is 16.8 Å². The van der Waals surface area contributed by atoms with Crippen LogP contribution >= 0.6 is 0 Å². The van der Waals surface area contributed by atoms with E-state index < -0.39 is 0 Å². The molecular formula is C34H41N5. The average molecular weight is 520 g/mol. The molecule has 0 radical (unpaired) electrons. The van der Waals surface area contributed by atoms with Gasteiger partial charge in [-0.15, -0.1) is 0 Å². The Kier molecular flexibility index (Phi) is 8.37. The number of piperazine rings is 1. The molecule has 3 aromatic carbocycles. The molecule has 2 fully saturated rings. The molecule has 1 aliphatic heterocycles. The quantitative estimate of drug-likeness (QED) is 0.256. The van der Waals surface area contributed by atoms with Crippen LogP contribution in [0.2, 0.25) is 0 Å². The first-order valence-electron chi connectivity index (χ1n) is 14.8. The lowest BCUT2D eigenvalue weighted by Crippen LogP contribution is -2.48. The zero-order chi connectivity index (χ0) is 26.3. The zero-order valence-corrected chi connectivity index (χ0v) is 23.0. The van der Waals surface area contributed by atoms with Crippen molar-refractivity contribution in [3.63, 3.8) is 0 Å². The van der Waals surface area contributed by atoms with Gasteiger partial charge in [0, 0.05) is 63.3 Å². The maximum atomic E-state index is 5.06. The second kappa shape index (κ2) is 12.6. The van der Waals surface area contributed by atoms with Crippen LogP contribution < -0.4 is 10.2 Å². The van der Waals surface area contributed by atoms with Crippen LogP contribution in [0, 0.1) is 0 Å². The third-order valence-corrected chi connectivity index (χ3v) is 8.48. The minimum Gasteiger partial charge on any atom is -0.369 e. The molecule has 0 spiro atoms. The highest BCUT2D eigenvalue weighted by Gasteiger charge is 2.19. The minimum absolute atomic E-state index is 0.701. The van der Waals surface area contributed by atoms with Gasteiger partial charge in [-0.3, -0.25) is 4.90 Å². The Hall–Kier alpha value is -3.41. The van der Waals surface area contributed by atoms with Crippen LogP contribution in [0.3, 0.4) is 0 Å². The molecule has 2 heterocycles. The number of benzene rings is 3. The van der Waals surface area contributed by atoms with Crippen LogP contribution in [-0.2, 0) is 6.54 Å². The maximum Gasteiger partial charge on any atom is 0.0845 e. The van der Waals surface area contributed by atoms with Crippen LogP contribution in [0.15, 0.2) is 91.1 Å². The van der Waals surface area contributed by atoms with Gasteiger partial charge in [0.15, 0.2) is 0 Å². The number of nitrogens with one attached hydrogen (secondary N) is 1. The Morgan fingerprint density at radius 3 is 2.21 bits per heavy atom. The number of hydrogen-bond acceptors (Lipinski definition) is 4. The predicted molar refractivity (Wildman–Crippen MR) is 162 cm³/mol. The second-order valence-corrected chi connectivity index (χ2v) is 11.1. The summed E-state index contributed by atoms with van der Waals surface area (Å²) in [5.41, 5.74) is 7.57. The summed E-state index contributed by atoms with van der Waals surface area (Å²) < 4.78 is 2.04. The van der Waals surface area contributed by atoms with Gasteiger partial charge in [0.25, 0.3) is 0 Å². The Bertz CT molecular complexity index is 1300. The van der Waals surface area contributed by atoms with Crippen LogP contribution in [0.5, 0.6) is 0 Å². The molecule has 2 aliphatic rings.